The minimum absolute atomic E-state index is 0.340. The molecule has 0 bridgehead atoms. The second kappa shape index (κ2) is 3.34. The van der Waals surface area contributed by atoms with Gasteiger partial charge in [-0.05, 0) is 11.6 Å². The fourth-order valence-corrected chi connectivity index (χ4v) is 3.22. The van der Waals surface area contributed by atoms with E-state index in [-0.39, 0.29) is 0 Å². The number of hydrogen-bond acceptors (Lipinski definition) is 4. The number of rotatable bonds is 1. The maximum absolute atomic E-state index is 11.9. The minimum Gasteiger partial charge on any atom is -0.293 e. The highest BCUT2D eigenvalue weighted by atomic mass is 35.5. The van der Waals surface area contributed by atoms with Crippen molar-refractivity contribution in [3.05, 3.63) is 34.9 Å². The lowest BCUT2D eigenvalue weighted by Gasteiger charge is -2.08. The van der Waals surface area contributed by atoms with Gasteiger partial charge >= 0.3 is 0 Å². The first-order valence-corrected chi connectivity index (χ1v) is 5.87. The Hall–Kier alpha value is -2.37. The molecule has 1 aliphatic carbocycles. The van der Waals surface area contributed by atoms with Gasteiger partial charge in [0.1, 0.15) is 0 Å². The van der Waals surface area contributed by atoms with Gasteiger partial charge in [-0.25, -0.2) is 0 Å². The number of imide groups is 1. The normalized spacial score (nSPS) is 35.0. The van der Waals surface area contributed by atoms with E-state index in [1.807, 2.05) is 12.1 Å². The molecule has 2 unspecified atom stereocenters. The molecule has 3 rings (SSSR count). The van der Waals surface area contributed by atoms with E-state index in [9.17, 15) is 20.1 Å². The molecule has 1 N–H and O–H groups in total. The Morgan fingerprint density at radius 2 is 1.63 bits per heavy atom. The summed E-state index contributed by atoms with van der Waals surface area (Å²) in [6, 6.07) is 10.3. The summed E-state index contributed by atoms with van der Waals surface area (Å²) in [6.07, 6.45) is 0. The van der Waals surface area contributed by atoms with Crippen molar-refractivity contribution < 1.29 is 9.59 Å². The van der Waals surface area contributed by atoms with Crippen molar-refractivity contribution >= 4 is 23.4 Å². The average molecular weight is 272 g/mol. The van der Waals surface area contributed by atoms with Crippen LogP contribution in [0.4, 0.5) is 0 Å². The van der Waals surface area contributed by atoms with Crippen molar-refractivity contribution in [3.63, 3.8) is 0 Å². The Morgan fingerprint density at radius 3 is 2.11 bits per heavy atom. The topological polar surface area (TPSA) is 93.8 Å². The number of carbonyl (C=O) groups is 2. The van der Waals surface area contributed by atoms with Crippen molar-refractivity contribution in [3.8, 4) is 12.1 Å². The molecule has 19 heavy (non-hydrogen) atoms. The first-order valence-electron chi connectivity index (χ1n) is 5.49. The molecule has 1 saturated heterocycles. The zero-order valence-corrected chi connectivity index (χ0v) is 10.2. The van der Waals surface area contributed by atoms with Crippen molar-refractivity contribution in [2.75, 3.05) is 0 Å². The van der Waals surface area contributed by atoms with Crippen LogP contribution in [0.5, 0.6) is 0 Å². The molecule has 2 amide bonds. The molecule has 2 aliphatic rings. The van der Waals surface area contributed by atoms with E-state index in [2.05, 4.69) is 5.32 Å². The maximum Gasteiger partial charge on any atom is 0.250 e. The lowest BCUT2D eigenvalue weighted by atomic mass is 9.98. The van der Waals surface area contributed by atoms with Crippen LogP contribution in [0.1, 0.15) is 11.5 Å². The van der Waals surface area contributed by atoms with Gasteiger partial charge in [0.05, 0.1) is 12.1 Å². The van der Waals surface area contributed by atoms with Crippen molar-refractivity contribution in [2.45, 2.75) is 5.92 Å². The quantitative estimate of drug-likeness (QED) is 0.774. The highest BCUT2D eigenvalue weighted by Crippen LogP contribution is 2.76. The molecule has 2 fully saturated rings. The molecule has 92 valence electrons. The Morgan fingerprint density at radius 1 is 1.11 bits per heavy atom. The van der Waals surface area contributed by atoms with E-state index in [0.29, 0.717) is 10.6 Å². The largest absolute Gasteiger partial charge is 0.293 e. The van der Waals surface area contributed by atoms with Crippen LogP contribution in [-0.2, 0) is 9.59 Å². The van der Waals surface area contributed by atoms with E-state index in [0.717, 1.165) is 0 Å². The number of carbonyl (C=O) groups excluding carboxylic acids is 2. The van der Waals surface area contributed by atoms with Crippen LogP contribution in [0.15, 0.2) is 24.3 Å². The summed E-state index contributed by atoms with van der Waals surface area (Å²) in [5.41, 5.74) is -2.82. The second-order valence-corrected chi connectivity index (χ2v) is 4.98. The molecule has 1 aromatic carbocycles. The van der Waals surface area contributed by atoms with Gasteiger partial charge in [-0.2, -0.15) is 10.5 Å². The van der Waals surface area contributed by atoms with Gasteiger partial charge in [0.2, 0.25) is 11.8 Å². The number of amides is 2. The molecule has 1 aromatic rings. The minimum atomic E-state index is -1.65. The highest BCUT2D eigenvalue weighted by molar-refractivity contribution is 6.32. The predicted molar refractivity (Wildman–Crippen MR) is 63.4 cm³/mol. The molecule has 0 aromatic heterocycles. The van der Waals surface area contributed by atoms with Gasteiger partial charge < -0.3 is 0 Å². The molecule has 0 radical (unpaired) electrons. The lowest BCUT2D eigenvalue weighted by Crippen LogP contribution is -2.31. The van der Waals surface area contributed by atoms with E-state index in [1.165, 1.54) is 0 Å². The number of nitrogens with one attached hydrogen (secondary N) is 1. The number of nitrogens with zero attached hydrogens (tertiary/aromatic N) is 2. The van der Waals surface area contributed by atoms with Gasteiger partial charge in [0, 0.05) is 10.9 Å². The molecule has 1 saturated carbocycles. The second-order valence-electron chi connectivity index (χ2n) is 4.58. The SMILES string of the molecule is N#CC12C(=O)NC(=O)C1(C#N)C2c1ccccc1Cl. The average Bonchev–Trinajstić information content (AvgIpc) is 2.96. The zero-order valence-electron chi connectivity index (χ0n) is 9.48. The van der Waals surface area contributed by atoms with Crippen LogP contribution < -0.4 is 5.32 Å². The van der Waals surface area contributed by atoms with Crippen molar-refractivity contribution in [1.29, 1.82) is 10.5 Å². The molecular formula is C13H6ClN3O2. The van der Waals surface area contributed by atoms with Crippen LogP contribution in [-0.4, -0.2) is 11.8 Å². The van der Waals surface area contributed by atoms with Crippen LogP contribution in [0.25, 0.3) is 0 Å². The highest BCUT2D eigenvalue weighted by Gasteiger charge is 2.91. The Balaban J connectivity index is 2.25. The third-order valence-corrected chi connectivity index (χ3v) is 4.26. The summed E-state index contributed by atoms with van der Waals surface area (Å²) in [7, 11) is 0. The van der Waals surface area contributed by atoms with Gasteiger partial charge in [-0.3, -0.25) is 14.9 Å². The van der Waals surface area contributed by atoms with Crippen LogP contribution in [0, 0.1) is 33.5 Å². The molecule has 2 atom stereocenters. The van der Waals surface area contributed by atoms with Crippen molar-refractivity contribution in [1.82, 2.24) is 5.32 Å². The number of fused-ring (bicyclic) bond motifs is 1. The standard InChI is InChI=1S/C13H6ClN3O2/c14-8-4-2-1-3-7(8)9-12(5-15)10(18)17-11(19)13(9,12)6-16/h1-4,9H,(H,17,18,19). The number of halogens is 1. The third-order valence-electron chi connectivity index (χ3n) is 3.92. The number of nitriles is 2. The van der Waals surface area contributed by atoms with Crippen molar-refractivity contribution in [2.24, 2.45) is 10.8 Å². The maximum atomic E-state index is 11.9. The van der Waals surface area contributed by atoms with Crippen LogP contribution >= 0.6 is 11.6 Å². The van der Waals surface area contributed by atoms with Crippen LogP contribution in [0.3, 0.4) is 0 Å². The molecule has 1 aliphatic heterocycles. The molecule has 0 spiro atoms. The number of hydrogen-bond donors (Lipinski definition) is 1. The Labute approximate surface area is 113 Å². The molecule has 1 heterocycles. The van der Waals surface area contributed by atoms with Gasteiger partial charge in [-0.1, -0.05) is 29.8 Å². The fourth-order valence-electron chi connectivity index (χ4n) is 2.98. The first-order chi connectivity index (χ1) is 9.06. The zero-order chi connectivity index (χ0) is 13.8. The summed E-state index contributed by atoms with van der Waals surface area (Å²) >= 11 is 6.04. The van der Waals surface area contributed by atoms with Gasteiger partial charge in [0.15, 0.2) is 10.8 Å². The van der Waals surface area contributed by atoms with Crippen LogP contribution in [0.2, 0.25) is 5.02 Å². The lowest BCUT2D eigenvalue weighted by molar-refractivity contribution is -0.128. The Kier molecular flexibility index (Phi) is 2.06. The molecule has 6 heteroatoms. The monoisotopic (exact) mass is 271 g/mol. The fraction of sp³-hybridized carbons (Fsp3) is 0.231. The molecule has 5 nitrogen and oxygen atoms in total. The van der Waals surface area contributed by atoms with E-state index in [1.54, 1.807) is 24.3 Å². The van der Waals surface area contributed by atoms with E-state index in [4.69, 9.17) is 11.6 Å². The third kappa shape index (κ3) is 1.01. The smallest absolute Gasteiger partial charge is 0.250 e. The molecular weight excluding hydrogens is 266 g/mol. The first kappa shape index (κ1) is 11.7. The van der Waals surface area contributed by atoms with Gasteiger partial charge in [0.25, 0.3) is 0 Å². The summed E-state index contributed by atoms with van der Waals surface area (Å²) < 4.78 is 0. The predicted octanol–water partition coefficient (Wildman–Crippen LogP) is 1.11. The summed E-state index contributed by atoms with van der Waals surface area (Å²) in [4.78, 5) is 23.8. The van der Waals surface area contributed by atoms with E-state index < -0.39 is 28.6 Å². The Bertz CT molecular complexity index is 679. The summed E-state index contributed by atoms with van der Waals surface area (Å²) in [5.74, 6) is -2.23. The van der Waals surface area contributed by atoms with E-state index >= 15 is 0 Å². The number of benzene rings is 1. The summed E-state index contributed by atoms with van der Waals surface area (Å²) in [5, 5.41) is 21.0. The summed E-state index contributed by atoms with van der Waals surface area (Å²) in [6.45, 7) is 0. The number of piperidine rings is 1. The van der Waals surface area contributed by atoms with Gasteiger partial charge in [-0.15, -0.1) is 0 Å².